The van der Waals surface area contributed by atoms with E-state index in [1.54, 1.807) is 0 Å². The van der Waals surface area contributed by atoms with Gasteiger partial charge in [0.15, 0.2) is 0 Å². The Bertz CT molecular complexity index is 3850. The Hall–Kier alpha value is -8.78. The van der Waals surface area contributed by atoms with Gasteiger partial charge in [0, 0.05) is 22.3 Å². The van der Waals surface area contributed by atoms with Gasteiger partial charge in [-0.3, -0.25) is 0 Å². The Morgan fingerprint density at radius 3 is 1.61 bits per heavy atom. The van der Waals surface area contributed by atoms with Crippen molar-refractivity contribution in [1.82, 2.24) is 0 Å². The minimum atomic E-state index is -0.526. The van der Waals surface area contributed by atoms with Crippen LogP contribution in [-0.2, 0) is 11.8 Å². The molecule has 0 saturated carbocycles. The second-order valence-electron chi connectivity index (χ2n) is 19.0. The van der Waals surface area contributed by atoms with E-state index < -0.39 is 5.41 Å². The summed E-state index contributed by atoms with van der Waals surface area (Å²) in [7, 11) is 0. The van der Waals surface area contributed by atoms with Crippen molar-refractivity contribution in [2.24, 2.45) is 0 Å². The molecule has 2 atom stereocenters. The quantitative estimate of drug-likeness (QED) is 0.126. The molecule has 1 aliphatic carbocycles. The first-order chi connectivity index (χ1) is 35.2. The fourth-order valence-electron chi connectivity index (χ4n) is 11.8. The number of hydrogen-bond acceptors (Lipinski definition) is 1. The van der Waals surface area contributed by atoms with Crippen molar-refractivity contribution in [2.75, 3.05) is 0 Å². The molecular weight excluding hydrogens is 857 g/mol. The topological polar surface area (TPSA) is 13.1 Å². The Kier molecular flexibility index (Phi) is 10.7. The number of aryl methyl sites for hydroxylation is 1. The van der Waals surface area contributed by atoms with E-state index in [0.717, 1.165) is 45.9 Å². The predicted octanol–water partition coefficient (Wildman–Crippen LogP) is 18.4. The molecule has 0 saturated heterocycles. The second-order valence-corrected chi connectivity index (χ2v) is 19.0. The monoisotopic (exact) mass is 906 g/mol. The minimum Gasteiger partial charge on any atom is -0.455 e. The molecule has 1 aromatic heterocycles. The molecule has 0 aliphatic heterocycles. The molecule has 1 heteroatoms. The lowest BCUT2D eigenvalue weighted by Crippen LogP contribution is -2.28. The number of benzene rings is 11. The average Bonchev–Trinajstić information content (AvgIpc) is 3.99. The lowest BCUT2D eigenvalue weighted by atomic mass is 9.67. The van der Waals surface area contributed by atoms with Gasteiger partial charge in [0.1, 0.15) is 11.2 Å². The van der Waals surface area contributed by atoms with E-state index in [1.165, 1.54) is 83.5 Å². The van der Waals surface area contributed by atoms with E-state index in [-0.39, 0.29) is 5.92 Å². The van der Waals surface area contributed by atoms with Gasteiger partial charge in [0.25, 0.3) is 0 Å². The summed E-state index contributed by atoms with van der Waals surface area (Å²) in [6, 6.07) is 101. The van der Waals surface area contributed by atoms with Crippen LogP contribution in [0.3, 0.4) is 0 Å². The Labute approximate surface area is 416 Å². The van der Waals surface area contributed by atoms with Gasteiger partial charge >= 0.3 is 0 Å². The van der Waals surface area contributed by atoms with Crippen molar-refractivity contribution < 1.29 is 4.42 Å². The van der Waals surface area contributed by atoms with E-state index in [9.17, 15) is 0 Å². The molecule has 0 amide bonds. The van der Waals surface area contributed by atoms with Gasteiger partial charge in [-0.25, -0.2) is 0 Å². The minimum absolute atomic E-state index is 0.161. The highest BCUT2D eigenvalue weighted by molar-refractivity contribution is 6.09. The van der Waals surface area contributed by atoms with Crippen LogP contribution in [0, 0.1) is 0 Å². The van der Waals surface area contributed by atoms with Crippen LogP contribution in [0.5, 0.6) is 0 Å². The molecule has 11 aromatic carbocycles. The number of rotatable bonds is 11. The normalized spacial score (nSPS) is 14.3. The summed E-state index contributed by atoms with van der Waals surface area (Å²) in [4.78, 5) is 0. The van der Waals surface area contributed by atoms with Crippen molar-refractivity contribution in [3.8, 4) is 55.6 Å². The van der Waals surface area contributed by atoms with Gasteiger partial charge in [-0.05, 0) is 114 Å². The fourth-order valence-corrected chi connectivity index (χ4v) is 11.8. The van der Waals surface area contributed by atoms with Gasteiger partial charge in [0.05, 0.1) is 5.41 Å². The van der Waals surface area contributed by atoms with E-state index in [4.69, 9.17) is 4.42 Å². The highest BCUT2D eigenvalue weighted by Crippen LogP contribution is 2.59. The zero-order valence-corrected chi connectivity index (χ0v) is 39.4. The van der Waals surface area contributed by atoms with Gasteiger partial charge in [-0.15, -0.1) is 0 Å². The molecule has 1 nitrogen and oxygen atoms in total. The molecule has 0 N–H and O–H groups in total. The van der Waals surface area contributed by atoms with Gasteiger partial charge in [-0.2, -0.15) is 0 Å². The van der Waals surface area contributed by atoms with E-state index in [1.807, 2.05) is 6.07 Å². The molecule has 13 rings (SSSR count). The summed E-state index contributed by atoms with van der Waals surface area (Å²) in [6.07, 6.45) is 1.83. The van der Waals surface area contributed by atoms with Crippen LogP contribution in [0.25, 0.3) is 77.6 Å². The van der Waals surface area contributed by atoms with Crippen molar-refractivity contribution in [1.29, 1.82) is 0 Å². The first-order valence-electron chi connectivity index (χ1n) is 24.9. The van der Waals surface area contributed by atoms with Crippen LogP contribution in [0.15, 0.2) is 277 Å². The lowest BCUT2D eigenvalue weighted by Gasteiger charge is -2.34. The van der Waals surface area contributed by atoms with E-state index >= 15 is 0 Å². The van der Waals surface area contributed by atoms with Crippen LogP contribution in [0.4, 0.5) is 0 Å². The number of hydrogen-bond donors (Lipinski definition) is 0. The maximum Gasteiger partial charge on any atom is 0.143 e. The summed E-state index contributed by atoms with van der Waals surface area (Å²) in [5.41, 5.74) is 22.8. The van der Waals surface area contributed by atoms with Crippen LogP contribution >= 0.6 is 0 Å². The predicted molar refractivity (Wildman–Crippen MR) is 296 cm³/mol. The SMILES string of the molecule is c1ccc(-c2ccc(C(CCc3ccccc3-c3cccc4c3-c3ccccc3C4(c3ccccc3)c3cccc(-c4ccccc4)c3)c3ccc(-c4cccc5c4oc4ccccc45)cc3)cc2)cc1. The molecule has 0 bridgehead atoms. The zero-order chi connectivity index (χ0) is 47.1. The maximum absolute atomic E-state index is 6.49. The van der Waals surface area contributed by atoms with Gasteiger partial charge in [-0.1, -0.05) is 261 Å². The summed E-state index contributed by atoms with van der Waals surface area (Å²) in [5.74, 6) is 0.161. The Balaban J connectivity index is 0.908. The number of furan rings is 1. The van der Waals surface area contributed by atoms with Crippen molar-refractivity contribution in [3.05, 3.63) is 312 Å². The smallest absolute Gasteiger partial charge is 0.143 e. The molecule has 0 spiro atoms. The van der Waals surface area contributed by atoms with Crippen LogP contribution in [-0.4, -0.2) is 0 Å². The zero-order valence-electron chi connectivity index (χ0n) is 39.4. The van der Waals surface area contributed by atoms with Gasteiger partial charge in [0.2, 0.25) is 0 Å². The average molecular weight is 907 g/mol. The largest absolute Gasteiger partial charge is 0.455 e. The Morgan fingerprint density at radius 1 is 0.338 bits per heavy atom. The summed E-state index contributed by atoms with van der Waals surface area (Å²) >= 11 is 0. The van der Waals surface area contributed by atoms with E-state index in [2.05, 4.69) is 267 Å². The number of fused-ring (bicyclic) bond motifs is 6. The van der Waals surface area contributed by atoms with Gasteiger partial charge < -0.3 is 4.42 Å². The molecule has 2 unspecified atom stereocenters. The third-order valence-corrected chi connectivity index (χ3v) is 15.1. The molecule has 12 aromatic rings. The van der Waals surface area contributed by atoms with Crippen LogP contribution < -0.4 is 0 Å². The summed E-state index contributed by atoms with van der Waals surface area (Å²) in [6.45, 7) is 0. The van der Waals surface area contributed by atoms with Crippen molar-refractivity contribution >= 4 is 21.9 Å². The Morgan fingerprint density at radius 2 is 0.845 bits per heavy atom. The standard InChI is InChI=1S/C70H50O/c1-4-19-48(20-5-1)50-37-39-52(40-38-50)58(53-41-43-54(44-42-53)60-31-17-33-63-61-29-13-15-36-67(61)71-69(60)63)46-45-51-23-10-11-28-59(51)62-32-18-35-66-68(62)64-30-12-14-34-65(64)70(66,56-25-8-3-9-26-56)57-27-16-24-55(47-57)49-21-6-2-7-22-49/h1-44,47,58H,45-46H2. The molecule has 0 fully saturated rings. The molecule has 1 heterocycles. The third-order valence-electron chi connectivity index (χ3n) is 15.1. The third kappa shape index (κ3) is 7.32. The second kappa shape index (κ2) is 17.9. The number of para-hydroxylation sites is 2. The molecule has 1 aliphatic rings. The summed E-state index contributed by atoms with van der Waals surface area (Å²) < 4.78 is 6.49. The maximum atomic E-state index is 6.49. The highest BCUT2D eigenvalue weighted by atomic mass is 16.3. The van der Waals surface area contributed by atoms with Crippen molar-refractivity contribution in [2.45, 2.75) is 24.2 Å². The first-order valence-corrected chi connectivity index (χ1v) is 24.9. The summed E-state index contributed by atoms with van der Waals surface area (Å²) in [5, 5.41) is 2.29. The highest BCUT2D eigenvalue weighted by Gasteiger charge is 2.47. The lowest BCUT2D eigenvalue weighted by molar-refractivity contribution is 0.670. The van der Waals surface area contributed by atoms with E-state index in [0.29, 0.717) is 0 Å². The van der Waals surface area contributed by atoms with Crippen LogP contribution in [0.2, 0.25) is 0 Å². The molecule has 71 heavy (non-hydrogen) atoms. The first kappa shape index (κ1) is 42.3. The van der Waals surface area contributed by atoms with Crippen molar-refractivity contribution in [3.63, 3.8) is 0 Å². The molecule has 336 valence electrons. The fraction of sp³-hybridized carbons (Fsp3) is 0.0571. The molecular formula is C70H50O. The van der Waals surface area contributed by atoms with Crippen LogP contribution in [0.1, 0.15) is 51.3 Å². The molecule has 0 radical (unpaired) electrons.